The topological polar surface area (TPSA) is 58.6 Å². The molecular weight excluding hydrogens is 252 g/mol. The van der Waals surface area contributed by atoms with E-state index >= 15 is 0 Å². The molecule has 0 radical (unpaired) electrons. The standard InChI is InChI=1S/C12H24N2O3S/c1-3-12-9-17-7-6-14(12)18(15,16)10(2)8-13-11-4-5-11/h10-13H,3-9H2,1-2H3. The van der Waals surface area contributed by atoms with Gasteiger partial charge in [0, 0.05) is 25.2 Å². The zero-order valence-electron chi connectivity index (χ0n) is 11.3. The molecule has 0 amide bonds. The number of sulfonamides is 1. The molecule has 1 N–H and O–H groups in total. The summed E-state index contributed by atoms with van der Waals surface area (Å²) in [5, 5.41) is 2.94. The Hall–Kier alpha value is -0.170. The van der Waals surface area contributed by atoms with E-state index in [1.54, 1.807) is 11.2 Å². The summed E-state index contributed by atoms with van der Waals surface area (Å²) in [4.78, 5) is 0. The Labute approximate surface area is 110 Å². The zero-order chi connectivity index (χ0) is 13.2. The van der Waals surface area contributed by atoms with E-state index in [0.29, 0.717) is 32.3 Å². The highest BCUT2D eigenvalue weighted by Gasteiger charge is 2.36. The van der Waals surface area contributed by atoms with Crippen molar-refractivity contribution in [2.75, 3.05) is 26.3 Å². The van der Waals surface area contributed by atoms with E-state index in [9.17, 15) is 8.42 Å². The summed E-state index contributed by atoms with van der Waals surface area (Å²) in [7, 11) is -3.20. The van der Waals surface area contributed by atoms with Crippen molar-refractivity contribution >= 4 is 10.0 Å². The molecule has 6 heteroatoms. The average molecular weight is 276 g/mol. The highest BCUT2D eigenvalue weighted by atomic mass is 32.2. The molecule has 1 heterocycles. The van der Waals surface area contributed by atoms with Crippen molar-refractivity contribution in [1.82, 2.24) is 9.62 Å². The van der Waals surface area contributed by atoms with Crippen LogP contribution in [0.3, 0.4) is 0 Å². The van der Waals surface area contributed by atoms with Gasteiger partial charge in [0.2, 0.25) is 10.0 Å². The Balaban J connectivity index is 1.97. The molecule has 0 aromatic heterocycles. The van der Waals surface area contributed by atoms with Gasteiger partial charge in [-0.1, -0.05) is 6.92 Å². The van der Waals surface area contributed by atoms with Gasteiger partial charge in [-0.15, -0.1) is 0 Å². The van der Waals surface area contributed by atoms with Gasteiger partial charge in [-0.3, -0.25) is 0 Å². The second kappa shape index (κ2) is 5.86. The van der Waals surface area contributed by atoms with E-state index in [-0.39, 0.29) is 11.3 Å². The quantitative estimate of drug-likeness (QED) is 0.770. The fraction of sp³-hybridized carbons (Fsp3) is 1.00. The maximum Gasteiger partial charge on any atom is 0.218 e. The predicted octanol–water partition coefficient (Wildman–Crippen LogP) is 0.568. The first-order valence-corrected chi connectivity index (χ1v) is 8.37. The summed E-state index contributed by atoms with van der Waals surface area (Å²) in [6.45, 7) is 5.90. The van der Waals surface area contributed by atoms with Crippen LogP contribution in [0.1, 0.15) is 33.1 Å². The third kappa shape index (κ3) is 3.23. The second-order valence-electron chi connectivity index (χ2n) is 5.29. The Kier molecular flexibility index (Phi) is 4.64. The molecule has 0 spiro atoms. The summed E-state index contributed by atoms with van der Waals surface area (Å²) in [5.74, 6) is 0. The second-order valence-corrected chi connectivity index (χ2v) is 7.59. The van der Waals surface area contributed by atoms with Gasteiger partial charge in [-0.25, -0.2) is 8.42 Å². The Bertz CT molecular complexity index is 368. The predicted molar refractivity (Wildman–Crippen MR) is 71.0 cm³/mol. The minimum Gasteiger partial charge on any atom is -0.378 e. The molecule has 0 bridgehead atoms. The smallest absolute Gasteiger partial charge is 0.218 e. The van der Waals surface area contributed by atoms with Crippen molar-refractivity contribution in [3.63, 3.8) is 0 Å². The fourth-order valence-electron chi connectivity index (χ4n) is 2.25. The molecule has 18 heavy (non-hydrogen) atoms. The molecule has 0 aromatic rings. The summed E-state index contributed by atoms with van der Waals surface area (Å²) >= 11 is 0. The summed E-state index contributed by atoms with van der Waals surface area (Å²) < 4.78 is 32.0. The van der Waals surface area contributed by atoms with Gasteiger partial charge in [-0.05, 0) is 26.2 Å². The van der Waals surface area contributed by atoms with E-state index in [1.165, 1.54) is 12.8 Å². The molecule has 2 aliphatic rings. The first-order valence-electron chi connectivity index (χ1n) is 6.87. The Morgan fingerprint density at radius 2 is 2.17 bits per heavy atom. The zero-order valence-corrected chi connectivity index (χ0v) is 12.1. The fourth-order valence-corrected chi connectivity index (χ4v) is 3.98. The van der Waals surface area contributed by atoms with Crippen molar-refractivity contribution in [3.05, 3.63) is 0 Å². The Morgan fingerprint density at radius 1 is 1.44 bits per heavy atom. The third-order valence-corrected chi connectivity index (χ3v) is 6.07. The van der Waals surface area contributed by atoms with Gasteiger partial charge in [-0.2, -0.15) is 4.31 Å². The van der Waals surface area contributed by atoms with Gasteiger partial charge in [0.05, 0.1) is 18.5 Å². The highest BCUT2D eigenvalue weighted by molar-refractivity contribution is 7.89. The summed E-state index contributed by atoms with van der Waals surface area (Å²) in [6, 6.07) is 0.557. The molecule has 1 saturated heterocycles. The van der Waals surface area contributed by atoms with Crippen LogP contribution in [0.15, 0.2) is 0 Å². The van der Waals surface area contributed by atoms with E-state index < -0.39 is 10.0 Å². The van der Waals surface area contributed by atoms with Crippen molar-refractivity contribution in [3.8, 4) is 0 Å². The van der Waals surface area contributed by atoms with Crippen LogP contribution in [0.2, 0.25) is 0 Å². The maximum absolute atomic E-state index is 12.5. The average Bonchev–Trinajstić information content (AvgIpc) is 3.19. The van der Waals surface area contributed by atoms with Crippen LogP contribution in [-0.2, 0) is 14.8 Å². The van der Waals surface area contributed by atoms with Gasteiger partial charge in [0.1, 0.15) is 0 Å². The number of hydrogen-bond donors (Lipinski definition) is 1. The van der Waals surface area contributed by atoms with Crippen molar-refractivity contribution < 1.29 is 13.2 Å². The number of nitrogens with one attached hydrogen (secondary N) is 1. The number of nitrogens with zero attached hydrogens (tertiary/aromatic N) is 1. The van der Waals surface area contributed by atoms with E-state index in [4.69, 9.17) is 4.74 Å². The molecule has 2 rings (SSSR count). The van der Waals surface area contributed by atoms with Crippen LogP contribution in [0.5, 0.6) is 0 Å². The molecule has 106 valence electrons. The number of rotatable bonds is 6. The van der Waals surface area contributed by atoms with Crippen LogP contribution in [0.25, 0.3) is 0 Å². The molecule has 0 aromatic carbocycles. The molecule has 1 aliphatic carbocycles. The van der Waals surface area contributed by atoms with Crippen molar-refractivity contribution in [1.29, 1.82) is 0 Å². The minimum atomic E-state index is -3.20. The van der Waals surface area contributed by atoms with Crippen LogP contribution in [-0.4, -0.2) is 56.4 Å². The minimum absolute atomic E-state index is 0.00660. The lowest BCUT2D eigenvalue weighted by Crippen LogP contribution is -2.52. The molecule has 2 unspecified atom stereocenters. The first-order chi connectivity index (χ1) is 8.55. The lowest BCUT2D eigenvalue weighted by Gasteiger charge is -2.35. The number of morpholine rings is 1. The maximum atomic E-state index is 12.5. The first kappa shape index (κ1) is 14.2. The molecule has 1 aliphatic heterocycles. The molecular formula is C12H24N2O3S. The van der Waals surface area contributed by atoms with Gasteiger partial charge < -0.3 is 10.1 Å². The van der Waals surface area contributed by atoms with E-state index in [2.05, 4.69) is 5.32 Å². The summed E-state index contributed by atoms with van der Waals surface area (Å²) in [5.41, 5.74) is 0. The molecule has 5 nitrogen and oxygen atoms in total. The lowest BCUT2D eigenvalue weighted by molar-refractivity contribution is 0.0310. The van der Waals surface area contributed by atoms with Crippen LogP contribution in [0, 0.1) is 0 Å². The third-order valence-electron chi connectivity index (χ3n) is 3.75. The molecule has 2 atom stereocenters. The van der Waals surface area contributed by atoms with Crippen LogP contribution in [0.4, 0.5) is 0 Å². The normalized spacial score (nSPS) is 28.2. The van der Waals surface area contributed by atoms with E-state index in [1.807, 2.05) is 6.92 Å². The molecule has 2 fully saturated rings. The largest absolute Gasteiger partial charge is 0.378 e. The summed E-state index contributed by atoms with van der Waals surface area (Å²) in [6.07, 6.45) is 3.17. The van der Waals surface area contributed by atoms with Gasteiger partial charge in [0.15, 0.2) is 0 Å². The highest BCUT2D eigenvalue weighted by Crippen LogP contribution is 2.21. The number of ether oxygens (including phenoxy) is 1. The van der Waals surface area contributed by atoms with Crippen molar-refractivity contribution in [2.24, 2.45) is 0 Å². The van der Waals surface area contributed by atoms with Crippen LogP contribution >= 0.6 is 0 Å². The van der Waals surface area contributed by atoms with E-state index in [0.717, 1.165) is 6.42 Å². The molecule has 1 saturated carbocycles. The van der Waals surface area contributed by atoms with Crippen LogP contribution < -0.4 is 5.32 Å². The van der Waals surface area contributed by atoms with Gasteiger partial charge in [0.25, 0.3) is 0 Å². The number of hydrogen-bond acceptors (Lipinski definition) is 4. The van der Waals surface area contributed by atoms with Crippen molar-refractivity contribution in [2.45, 2.75) is 50.4 Å². The monoisotopic (exact) mass is 276 g/mol. The lowest BCUT2D eigenvalue weighted by atomic mass is 10.2. The van der Waals surface area contributed by atoms with Gasteiger partial charge >= 0.3 is 0 Å². The Morgan fingerprint density at radius 3 is 2.78 bits per heavy atom. The SMILES string of the molecule is CCC1COCCN1S(=O)(=O)C(C)CNC1CC1.